The van der Waals surface area contributed by atoms with Gasteiger partial charge in [-0.05, 0) is 56.0 Å². The summed E-state index contributed by atoms with van der Waals surface area (Å²) < 4.78 is 9.97. The molecule has 1 amide bonds. The van der Waals surface area contributed by atoms with Crippen molar-refractivity contribution in [2.24, 2.45) is 0 Å². The van der Waals surface area contributed by atoms with Gasteiger partial charge in [0, 0.05) is 29.2 Å². The molecule has 2 aromatic carbocycles. The van der Waals surface area contributed by atoms with Crippen molar-refractivity contribution in [2.45, 2.75) is 62.3 Å². The lowest BCUT2D eigenvalue weighted by molar-refractivity contribution is -0.153. The van der Waals surface area contributed by atoms with E-state index < -0.39 is 17.5 Å². The minimum atomic E-state index is -1.04. The fraction of sp³-hybridized carbons (Fsp3) is 0.385. The first-order valence-corrected chi connectivity index (χ1v) is 12.0. The minimum Gasteiger partial charge on any atom is -0.464 e. The van der Waals surface area contributed by atoms with Crippen molar-refractivity contribution in [3.8, 4) is 0 Å². The van der Waals surface area contributed by atoms with Crippen LogP contribution in [0.5, 0.6) is 0 Å². The maximum Gasteiger partial charge on any atom is 0.331 e. The molecule has 0 saturated carbocycles. The number of aryl methyl sites for hydroxylation is 1. The first kappa shape index (κ1) is 27.1. The van der Waals surface area contributed by atoms with Crippen LogP contribution in [-0.4, -0.2) is 42.4 Å². The second-order valence-corrected chi connectivity index (χ2v) is 8.96. The van der Waals surface area contributed by atoms with Gasteiger partial charge in [0.05, 0.1) is 6.61 Å². The highest BCUT2D eigenvalue weighted by Gasteiger charge is 2.38. The monoisotopic (exact) mass is 485 g/mol. The third-order valence-corrected chi connectivity index (χ3v) is 6.28. The van der Waals surface area contributed by atoms with Crippen LogP contribution >= 0.6 is 11.8 Å². The van der Waals surface area contributed by atoms with Gasteiger partial charge < -0.3 is 14.8 Å². The SMILES string of the molecule is CCOC(=O)C(CC)(CCc1ccc(Sc2ccc(C(=O)COC(C)=O)cc2)cc1)NC(C)=O. The molecule has 34 heavy (non-hydrogen) atoms. The molecule has 0 aliphatic rings. The van der Waals surface area contributed by atoms with Gasteiger partial charge in [0.1, 0.15) is 5.54 Å². The van der Waals surface area contributed by atoms with E-state index in [0.29, 0.717) is 24.8 Å². The van der Waals surface area contributed by atoms with Gasteiger partial charge in [-0.1, -0.05) is 43.0 Å². The van der Waals surface area contributed by atoms with Crippen molar-refractivity contribution < 1.29 is 28.7 Å². The third kappa shape index (κ3) is 8.02. The Morgan fingerprint density at radius 3 is 1.97 bits per heavy atom. The number of carbonyl (C=O) groups excluding carboxylic acids is 4. The van der Waals surface area contributed by atoms with Crippen molar-refractivity contribution in [3.63, 3.8) is 0 Å². The second kappa shape index (κ2) is 12.9. The summed E-state index contributed by atoms with van der Waals surface area (Å²) in [5, 5.41) is 2.80. The van der Waals surface area contributed by atoms with Crippen molar-refractivity contribution in [2.75, 3.05) is 13.2 Å². The van der Waals surface area contributed by atoms with Crippen LogP contribution in [0.2, 0.25) is 0 Å². The smallest absolute Gasteiger partial charge is 0.331 e. The molecule has 0 radical (unpaired) electrons. The van der Waals surface area contributed by atoms with E-state index in [1.807, 2.05) is 43.3 Å². The highest BCUT2D eigenvalue weighted by atomic mass is 32.2. The van der Waals surface area contributed by atoms with E-state index in [1.165, 1.54) is 13.8 Å². The van der Waals surface area contributed by atoms with Gasteiger partial charge in [0.2, 0.25) is 5.91 Å². The lowest BCUT2D eigenvalue weighted by Crippen LogP contribution is -2.54. The Labute approximate surface area is 204 Å². The first-order chi connectivity index (χ1) is 16.2. The fourth-order valence-corrected chi connectivity index (χ4v) is 4.23. The average molecular weight is 486 g/mol. The standard InChI is InChI=1S/C26H31NO6S/c1-5-26(27-18(3)28,25(31)32-6-2)16-15-20-7-11-22(12-8-20)34-23-13-9-21(10-14-23)24(30)17-33-19(4)29/h7-14H,5-6,15-17H2,1-4H3,(H,27,28). The Morgan fingerprint density at radius 2 is 1.47 bits per heavy atom. The predicted molar refractivity (Wildman–Crippen MR) is 130 cm³/mol. The molecule has 0 saturated heterocycles. The summed E-state index contributed by atoms with van der Waals surface area (Å²) in [5.74, 6) is -1.41. The number of benzene rings is 2. The number of nitrogens with one attached hydrogen (secondary N) is 1. The number of hydrogen-bond donors (Lipinski definition) is 1. The van der Waals surface area contributed by atoms with Crippen LogP contribution in [-0.2, 0) is 30.3 Å². The lowest BCUT2D eigenvalue weighted by Gasteiger charge is -2.31. The molecule has 0 aliphatic heterocycles. The number of ether oxygens (including phenoxy) is 2. The summed E-state index contributed by atoms with van der Waals surface area (Å²) in [4.78, 5) is 49.1. The molecule has 8 heteroatoms. The number of hydrogen-bond acceptors (Lipinski definition) is 7. The predicted octanol–water partition coefficient (Wildman–Crippen LogP) is 4.36. The summed E-state index contributed by atoms with van der Waals surface area (Å²) in [7, 11) is 0. The zero-order valence-corrected chi connectivity index (χ0v) is 20.8. The second-order valence-electron chi connectivity index (χ2n) is 7.81. The molecular weight excluding hydrogens is 454 g/mol. The number of rotatable bonds is 12. The van der Waals surface area contributed by atoms with Crippen LogP contribution in [0.3, 0.4) is 0 Å². The molecule has 1 atom stereocenters. The molecule has 2 rings (SSSR count). The van der Waals surface area contributed by atoms with Gasteiger partial charge in [0.25, 0.3) is 0 Å². The Morgan fingerprint density at radius 1 is 0.882 bits per heavy atom. The minimum absolute atomic E-state index is 0.249. The quantitative estimate of drug-likeness (QED) is 0.352. The number of Topliss-reactive ketones (excluding diaryl/α,β-unsaturated/α-hetero) is 1. The van der Waals surface area contributed by atoms with E-state index >= 15 is 0 Å². The summed E-state index contributed by atoms with van der Waals surface area (Å²) in [6.07, 6.45) is 1.49. The van der Waals surface area contributed by atoms with Crippen LogP contribution < -0.4 is 5.32 Å². The molecule has 0 aromatic heterocycles. The molecule has 2 aromatic rings. The normalized spacial score (nSPS) is 12.4. The zero-order valence-electron chi connectivity index (χ0n) is 20.0. The number of ketones is 1. The molecule has 1 unspecified atom stereocenters. The molecule has 0 aliphatic carbocycles. The van der Waals surface area contributed by atoms with Crippen molar-refractivity contribution >= 4 is 35.4 Å². The molecule has 0 bridgehead atoms. The largest absolute Gasteiger partial charge is 0.464 e. The first-order valence-electron chi connectivity index (χ1n) is 11.2. The Hall–Kier alpha value is -3.13. The number of carbonyl (C=O) groups is 4. The molecule has 0 heterocycles. The highest BCUT2D eigenvalue weighted by Crippen LogP contribution is 2.29. The van der Waals surface area contributed by atoms with Gasteiger partial charge in [-0.25, -0.2) is 4.79 Å². The zero-order chi connectivity index (χ0) is 25.1. The Kier molecular flexibility index (Phi) is 10.3. The van der Waals surface area contributed by atoms with Gasteiger partial charge in [-0.2, -0.15) is 0 Å². The highest BCUT2D eigenvalue weighted by molar-refractivity contribution is 7.99. The van der Waals surface area contributed by atoms with E-state index in [4.69, 9.17) is 9.47 Å². The molecule has 182 valence electrons. The maximum atomic E-state index is 12.6. The van der Waals surface area contributed by atoms with E-state index in [-0.39, 0.29) is 24.9 Å². The molecular formula is C26H31NO6S. The van der Waals surface area contributed by atoms with Gasteiger partial charge in [-0.15, -0.1) is 0 Å². The van der Waals surface area contributed by atoms with Gasteiger partial charge in [0.15, 0.2) is 12.4 Å². The van der Waals surface area contributed by atoms with E-state index in [2.05, 4.69) is 5.32 Å². The third-order valence-electron chi connectivity index (χ3n) is 5.27. The summed E-state index contributed by atoms with van der Waals surface area (Å²) in [6.45, 7) is 6.27. The van der Waals surface area contributed by atoms with Crippen LogP contribution in [0.4, 0.5) is 0 Å². The topological polar surface area (TPSA) is 98.8 Å². The molecule has 1 N–H and O–H groups in total. The molecule has 0 fully saturated rings. The Balaban J connectivity index is 2.00. The molecule has 0 spiro atoms. The fourth-order valence-electron chi connectivity index (χ4n) is 3.41. The lowest BCUT2D eigenvalue weighted by atomic mass is 9.88. The van der Waals surface area contributed by atoms with Crippen LogP contribution in [0.25, 0.3) is 0 Å². The van der Waals surface area contributed by atoms with E-state index in [1.54, 1.807) is 30.8 Å². The number of amides is 1. The summed E-state index contributed by atoms with van der Waals surface area (Å²) in [6, 6.07) is 15.1. The van der Waals surface area contributed by atoms with Crippen LogP contribution in [0.1, 0.15) is 56.5 Å². The van der Waals surface area contributed by atoms with E-state index in [9.17, 15) is 19.2 Å². The van der Waals surface area contributed by atoms with Crippen molar-refractivity contribution in [1.29, 1.82) is 0 Å². The van der Waals surface area contributed by atoms with Crippen molar-refractivity contribution in [3.05, 3.63) is 59.7 Å². The summed E-state index contributed by atoms with van der Waals surface area (Å²) >= 11 is 1.56. The number of esters is 2. The molecule has 7 nitrogen and oxygen atoms in total. The van der Waals surface area contributed by atoms with Gasteiger partial charge >= 0.3 is 11.9 Å². The Bertz CT molecular complexity index is 1000. The van der Waals surface area contributed by atoms with Crippen molar-refractivity contribution in [1.82, 2.24) is 5.32 Å². The van der Waals surface area contributed by atoms with E-state index in [0.717, 1.165) is 15.4 Å². The maximum absolute atomic E-state index is 12.6. The van der Waals surface area contributed by atoms with Gasteiger partial charge in [-0.3, -0.25) is 14.4 Å². The average Bonchev–Trinajstić information content (AvgIpc) is 2.81. The van der Waals surface area contributed by atoms with Crippen LogP contribution in [0.15, 0.2) is 58.3 Å². The summed E-state index contributed by atoms with van der Waals surface area (Å²) in [5.41, 5.74) is 0.494. The van der Waals surface area contributed by atoms with Crippen LogP contribution in [0, 0.1) is 0 Å².